The number of carbonyl (C=O) groups excluding carboxylic acids is 2. The summed E-state index contributed by atoms with van der Waals surface area (Å²) in [5.41, 5.74) is -2.26. The summed E-state index contributed by atoms with van der Waals surface area (Å²) in [7, 11) is 0. The van der Waals surface area contributed by atoms with Crippen molar-refractivity contribution in [3.63, 3.8) is 0 Å². The van der Waals surface area contributed by atoms with Gasteiger partial charge in [0.05, 0.1) is 0 Å². The Morgan fingerprint density at radius 1 is 1.22 bits per heavy atom. The molecule has 11 heteroatoms. The number of amides is 2. The topological polar surface area (TPSA) is 170 Å². The van der Waals surface area contributed by atoms with Crippen LogP contribution >= 0.6 is 0 Å². The van der Waals surface area contributed by atoms with Crippen molar-refractivity contribution in [2.75, 3.05) is 6.54 Å². The van der Waals surface area contributed by atoms with Crippen molar-refractivity contribution in [2.45, 2.75) is 0 Å². The lowest BCUT2D eigenvalue weighted by Gasteiger charge is -2.01. The van der Waals surface area contributed by atoms with Crippen molar-refractivity contribution in [1.29, 1.82) is 0 Å². The highest BCUT2D eigenvalue weighted by Gasteiger charge is 2.10. The van der Waals surface area contributed by atoms with Gasteiger partial charge in [-0.3, -0.25) is 29.3 Å². The Morgan fingerprint density at radius 2 is 1.91 bits per heavy atom. The van der Waals surface area contributed by atoms with Crippen LogP contribution in [0, 0.1) is 0 Å². The maximum atomic E-state index is 11.7. The van der Waals surface area contributed by atoms with Crippen LogP contribution in [0.15, 0.2) is 44.3 Å². The number of hydrogen-bond donors (Lipinski definition) is 4. The van der Waals surface area contributed by atoms with Gasteiger partial charge < -0.3 is 10.4 Å². The van der Waals surface area contributed by atoms with Crippen molar-refractivity contribution in [3.8, 4) is 5.88 Å². The standard InChI is InChI=1S/C12H10N6O5/c19-7(5-14-9(20)6-1-3-13-4-2-6)17-18-8-10(21)15-12(23)16-11(8)22/h1-4H,5H2,(H,14,20)(H3,15,16,21,22,23). The zero-order valence-corrected chi connectivity index (χ0v) is 11.4. The Morgan fingerprint density at radius 3 is 2.57 bits per heavy atom. The summed E-state index contributed by atoms with van der Waals surface area (Å²) in [5.74, 6) is -2.20. The number of azo groups is 1. The molecule has 0 aromatic carbocycles. The third-order valence-corrected chi connectivity index (χ3v) is 2.50. The summed E-state index contributed by atoms with van der Waals surface area (Å²) in [5, 5.41) is 18.0. The number of aromatic nitrogens is 3. The van der Waals surface area contributed by atoms with Crippen LogP contribution in [0.2, 0.25) is 0 Å². The van der Waals surface area contributed by atoms with Crippen LogP contribution < -0.4 is 16.6 Å². The summed E-state index contributed by atoms with van der Waals surface area (Å²) in [4.78, 5) is 52.8. The molecule has 0 aliphatic carbocycles. The SMILES string of the molecule is O=C(CNC(=O)c1ccncc1)N=Nc1c(O)[nH]c(=O)[nH]c1=O. The van der Waals surface area contributed by atoms with E-state index in [-0.39, 0.29) is 0 Å². The molecule has 0 aliphatic rings. The van der Waals surface area contributed by atoms with Crippen LogP contribution in [0.5, 0.6) is 5.88 Å². The van der Waals surface area contributed by atoms with Crippen LogP contribution in [0.4, 0.5) is 5.69 Å². The molecular formula is C12H10N6O5. The number of aromatic amines is 2. The molecule has 0 radical (unpaired) electrons. The zero-order valence-electron chi connectivity index (χ0n) is 11.4. The molecular weight excluding hydrogens is 308 g/mol. The van der Waals surface area contributed by atoms with E-state index in [2.05, 4.69) is 20.5 Å². The number of aromatic hydroxyl groups is 1. The molecule has 0 unspecified atom stereocenters. The number of carbonyl (C=O) groups is 2. The second kappa shape index (κ2) is 6.89. The lowest BCUT2D eigenvalue weighted by Crippen LogP contribution is -2.28. The van der Waals surface area contributed by atoms with Crippen LogP contribution in [-0.4, -0.2) is 38.4 Å². The van der Waals surface area contributed by atoms with E-state index in [0.29, 0.717) is 5.56 Å². The van der Waals surface area contributed by atoms with Crippen LogP contribution in [0.25, 0.3) is 0 Å². The highest BCUT2D eigenvalue weighted by molar-refractivity contribution is 5.96. The van der Waals surface area contributed by atoms with Gasteiger partial charge >= 0.3 is 5.69 Å². The summed E-state index contributed by atoms with van der Waals surface area (Å²) in [6.07, 6.45) is 2.84. The fourth-order valence-electron chi connectivity index (χ4n) is 1.46. The minimum absolute atomic E-state index is 0.305. The van der Waals surface area contributed by atoms with Gasteiger partial charge in [-0.1, -0.05) is 0 Å². The Balaban J connectivity index is 1.99. The van der Waals surface area contributed by atoms with Gasteiger partial charge in [-0.2, -0.15) is 0 Å². The maximum Gasteiger partial charge on any atom is 0.328 e. The molecule has 4 N–H and O–H groups in total. The molecule has 2 heterocycles. The first kappa shape index (κ1) is 15.8. The number of nitrogens with one attached hydrogen (secondary N) is 3. The van der Waals surface area contributed by atoms with Gasteiger partial charge in [-0.15, -0.1) is 10.2 Å². The Kier molecular flexibility index (Phi) is 4.72. The molecule has 2 amide bonds. The summed E-state index contributed by atoms with van der Waals surface area (Å²) >= 11 is 0. The quantitative estimate of drug-likeness (QED) is 0.538. The first-order valence-electron chi connectivity index (χ1n) is 6.15. The second-order valence-electron chi connectivity index (χ2n) is 4.12. The lowest BCUT2D eigenvalue weighted by atomic mass is 10.2. The van der Waals surface area contributed by atoms with E-state index in [1.807, 2.05) is 9.97 Å². The highest BCUT2D eigenvalue weighted by Crippen LogP contribution is 2.15. The second-order valence-corrected chi connectivity index (χ2v) is 4.12. The van der Waals surface area contributed by atoms with Gasteiger partial charge in [-0.05, 0) is 12.1 Å². The van der Waals surface area contributed by atoms with E-state index in [0.717, 1.165) is 0 Å². The van der Waals surface area contributed by atoms with Crippen molar-refractivity contribution in [1.82, 2.24) is 20.3 Å². The van der Waals surface area contributed by atoms with E-state index in [1.165, 1.54) is 24.5 Å². The molecule has 0 aliphatic heterocycles. The smallest absolute Gasteiger partial charge is 0.328 e. The molecule has 118 valence electrons. The van der Waals surface area contributed by atoms with Gasteiger partial charge in [0.15, 0.2) is 0 Å². The average molecular weight is 318 g/mol. The summed E-state index contributed by atoms with van der Waals surface area (Å²) < 4.78 is 0. The molecule has 2 aromatic rings. The van der Waals surface area contributed by atoms with E-state index >= 15 is 0 Å². The van der Waals surface area contributed by atoms with Crippen LogP contribution in [0.3, 0.4) is 0 Å². The average Bonchev–Trinajstić information content (AvgIpc) is 2.52. The fraction of sp³-hybridized carbons (Fsp3) is 0.0833. The van der Waals surface area contributed by atoms with E-state index in [4.69, 9.17) is 0 Å². The van der Waals surface area contributed by atoms with Crippen molar-refractivity contribution >= 4 is 17.5 Å². The molecule has 11 nitrogen and oxygen atoms in total. The Hall–Kier alpha value is -3.63. The number of H-pyrrole nitrogens is 2. The van der Waals surface area contributed by atoms with Crippen molar-refractivity contribution in [3.05, 3.63) is 50.9 Å². The zero-order chi connectivity index (χ0) is 16.8. The van der Waals surface area contributed by atoms with Gasteiger partial charge in [0.25, 0.3) is 17.4 Å². The van der Waals surface area contributed by atoms with Gasteiger partial charge in [0, 0.05) is 18.0 Å². The van der Waals surface area contributed by atoms with Crippen LogP contribution in [-0.2, 0) is 4.79 Å². The largest absolute Gasteiger partial charge is 0.493 e. The predicted molar refractivity (Wildman–Crippen MR) is 75.4 cm³/mol. The van der Waals surface area contributed by atoms with Crippen molar-refractivity contribution < 1.29 is 14.7 Å². The molecule has 0 fully saturated rings. The van der Waals surface area contributed by atoms with E-state index in [1.54, 1.807) is 0 Å². The third kappa shape index (κ3) is 4.17. The van der Waals surface area contributed by atoms with Gasteiger partial charge in [-0.25, -0.2) is 4.79 Å². The molecule has 0 saturated heterocycles. The van der Waals surface area contributed by atoms with E-state index in [9.17, 15) is 24.3 Å². The highest BCUT2D eigenvalue weighted by atomic mass is 16.3. The third-order valence-electron chi connectivity index (χ3n) is 2.50. The van der Waals surface area contributed by atoms with Gasteiger partial charge in [0.1, 0.15) is 6.54 Å². The van der Waals surface area contributed by atoms with Crippen LogP contribution in [0.1, 0.15) is 10.4 Å². The predicted octanol–water partition coefficient (Wildman–Crippen LogP) is -0.796. The number of pyridine rings is 1. The molecule has 0 atom stereocenters. The molecule has 0 bridgehead atoms. The molecule has 0 spiro atoms. The summed E-state index contributed by atoms with van der Waals surface area (Å²) in [6, 6.07) is 2.92. The first-order valence-corrected chi connectivity index (χ1v) is 6.15. The minimum atomic E-state index is -1.01. The number of nitrogens with zero attached hydrogens (tertiary/aromatic N) is 3. The van der Waals surface area contributed by atoms with Crippen molar-refractivity contribution in [2.24, 2.45) is 10.2 Å². The molecule has 2 aromatic heterocycles. The Labute approximate surface area is 127 Å². The lowest BCUT2D eigenvalue weighted by molar-refractivity contribution is -0.117. The molecule has 23 heavy (non-hydrogen) atoms. The first-order chi connectivity index (χ1) is 11.0. The summed E-state index contributed by atoms with van der Waals surface area (Å²) in [6.45, 7) is -0.466. The molecule has 2 rings (SSSR count). The number of hydrogen-bond acceptors (Lipinski definition) is 7. The monoisotopic (exact) mass is 318 g/mol. The number of rotatable bonds is 4. The maximum absolute atomic E-state index is 11.7. The normalized spacial score (nSPS) is 10.6. The fourth-order valence-corrected chi connectivity index (χ4v) is 1.46. The molecule has 0 saturated carbocycles. The van der Waals surface area contributed by atoms with Gasteiger partial charge in [0.2, 0.25) is 11.6 Å². The van der Waals surface area contributed by atoms with E-state index < -0.39 is 41.2 Å². The Bertz CT molecular complexity index is 870. The minimum Gasteiger partial charge on any atom is -0.493 e.